The van der Waals surface area contributed by atoms with Crippen LogP contribution in [-0.4, -0.2) is 49.5 Å². The van der Waals surface area contributed by atoms with E-state index < -0.39 is 0 Å². The summed E-state index contributed by atoms with van der Waals surface area (Å²) in [5, 5.41) is 6.15. The summed E-state index contributed by atoms with van der Waals surface area (Å²) in [6, 6.07) is 0.200. The Balaban J connectivity index is 0.00000361. The van der Waals surface area contributed by atoms with Gasteiger partial charge in [-0.3, -0.25) is 9.79 Å². The molecule has 0 radical (unpaired) electrons. The minimum atomic E-state index is 0. The molecule has 5 nitrogen and oxygen atoms in total. The van der Waals surface area contributed by atoms with Crippen LogP contribution in [-0.2, 0) is 4.79 Å². The van der Waals surface area contributed by atoms with Crippen molar-refractivity contribution in [1.29, 1.82) is 0 Å². The normalized spacial score (nSPS) is 17.9. The van der Waals surface area contributed by atoms with Gasteiger partial charge < -0.3 is 15.5 Å². The topological polar surface area (TPSA) is 56.7 Å². The lowest BCUT2D eigenvalue weighted by Gasteiger charge is -2.23. The Hall–Kier alpha value is -0.530. The van der Waals surface area contributed by atoms with Crippen LogP contribution in [0.2, 0.25) is 0 Å². The largest absolute Gasteiger partial charge is 0.356 e. The number of carbonyl (C=O) groups excluding carboxylic acids is 1. The first kappa shape index (κ1) is 19.5. The van der Waals surface area contributed by atoms with Gasteiger partial charge in [0.2, 0.25) is 5.91 Å². The molecule has 0 atom stereocenters. The lowest BCUT2D eigenvalue weighted by molar-refractivity contribution is -0.121. The van der Waals surface area contributed by atoms with Gasteiger partial charge in [0.1, 0.15) is 0 Å². The van der Waals surface area contributed by atoms with Crippen LogP contribution >= 0.6 is 24.0 Å². The molecular weight excluding hydrogens is 367 g/mol. The molecule has 0 bridgehead atoms. The Bertz CT molecular complexity index is 342. The van der Waals surface area contributed by atoms with Gasteiger partial charge in [0, 0.05) is 39.1 Å². The minimum Gasteiger partial charge on any atom is -0.356 e. The van der Waals surface area contributed by atoms with E-state index in [1.165, 1.54) is 6.42 Å². The molecule has 1 rings (SSSR count). The number of halogens is 1. The molecule has 118 valence electrons. The number of hydrogen-bond acceptors (Lipinski definition) is 2. The summed E-state index contributed by atoms with van der Waals surface area (Å²) in [4.78, 5) is 18.1. The fraction of sp³-hybridized carbons (Fsp3) is 0.857. The van der Waals surface area contributed by atoms with E-state index in [2.05, 4.69) is 34.4 Å². The Labute approximate surface area is 140 Å². The molecule has 0 aromatic carbocycles. The summed E-state index contributed by atoms with van der Waals surface area (Å²) in [5.41, 5.74) is 0.354. The van der Waals surface area contributed by atoms with Gasteiger partial charge in [-0.25, -0.2) is 0 Å². The van der Waals surface area contributed by atoms with Crippen molar-refractivity contribution >= 4 is 35.8 Å². The number of aliphatic imine (C=N–C) groups is 1. The predicted octanol–water partition coefficient (Wildman–Crippen LogP) is 1.83. The second kappa shape index (κ2) is 8.69. The third-order valence-corrected chi connectivity index (χ3v) is 3.27. The molecule has 0 unspecified atom stereocenters. The number of nitrogens with one attached hydrogen (secondary N) is 2. The number of hydrogen-bond donors (Lipinski definition) is 2. The van der Waals surface area contributed by atoms with Crippen molar-refractivity contribution in [1.82, 2.24) is 15.5 Å². The third kappa shape index (κ3) is 6.76. The average Bonchev–Trinajstić information content (AvgIpc) is 2.64. The number of amides is 1. The molecule has 1 aliphatic heterocycles. The fourth-order valence-corrected chi connectivity index (χ4v) is 2.31. The van der Waals surface area contributed by atoms with Crippen LogP contribution in [0.15, 0.2) is 4.99 Å². The highest BCUT2D eigenvalue weighted by atomic mass is 127. The molecule has 0 aromatic rings. The average molecular weight is 396 g/mol. The Morgan fingerprint density at radius 3 is 2.50 bits per heavy atom. The van der Waals surface area contributed by atoms with Crippen LogP contribution in [0.4, 0.5) is 0 Å². The molecule has 1 saturated heterocycles. The van der Waals surface area contributed by atoms with E-state index in [-0.39, 0.29) is 35.9 Å². The molecule has 0 spiro atoms. The predicted molar refractivity (Wildman–Crippen MR) is 94.6 cm³/mol. The summed E-state index contributed by atoms with van der Waals surface area (Å²) < 4.78 is 0. The van der Waals surface area contributed by atoms with Gasteiger partial charge in [-0.1, -0.05) is 13.8 Å². The van der Waals surface area contributed by atoms with E-state index in [4.69, 9.17) is 0 Å². The molecule has 0 aromatic heterocycles. The van der Waals surface area contributed by atoms with Crippen molar-refractivity contribution < 1.29 is 4.79 Å². The monoisotopic (exact) mass is 396 g/mol. The van der Waals surface area contributed by atoms with Gasteiger partial charge in [0.15, 0.2) is 5.96 Å². The van der Waals surface area contributed by atoms with Gasteiger partial charge in [0.25, 0.3) is 0 Å². The lowest BCUT2D eigenvalue weighted by Crippen LogP contribution is -2.42. The summed E-state index contributed by atoms with van der Waals surface area (Å²) in [5.74, 6) is 0.989. The van der Waals surface area contributed by atoms with Crippen LogP contribution in [0.1, 0.15) is 40.5 Å². The Kier molecular flexibility index (Phi) is 8.46. The molecule has 1 fully saturated rings. The van der Waals surface area contributed by atoms with E-state index in [1.54, 1.807) is 7.05 Å². The lowest BCUT2D eigenvalue weighted by atomic mass is 9.93. The number of carbonyl (C=O) groups is 1. The van der Waals surface area contributed by atoms with Crippen LogP contribution in [0.3, 0.4) is 0 Å². The van der Waals surface area contributed by atoms with E-state index >= 15 is 0 Å². The Morgan fingerprint density at radius 1 is 1.40 bits per heavy atom. The summed E-state index contributed by atoms with van der Waals surface area (Å²) in [6.07, 6.45) is 1.66. The van der Waals surface area contributed by atoms with Crippen LogP contribution in [0, 0.1) is 5.41 Å². The van der Waals surface area contributed by atoms with Crippen molar-refractivity contribution in [2.45, 2.75) is 46.6 Å². The molecule has 6 heteroatoms. The zero-order valence-corrected chi connectivity index (χ0v) is 15.7. The molecule has 1 heterocycles. The third-order valence-electron chi connectivity index (χ3n) is 3.27. The highest BCUT2D eigenvalue weighted by Crippen LogP contribution is 2.28. The highest BCUT2D eigenvalue weighted by Gasteiger charge is 2.30. The van der Waals surface area contributed by atoms with E-state index in [1.807, 2.05) is 13.8 Å². The SMILES string of the molecule is CN=C(NCCC(=O)NC(C)C)N1CCC(C)(C)C1.I. The first-order valence-corrected chi connectivity index (χ1v) is 7.09. The standard InChI is InChI=1S/C14H28N4O.HI/c1-11(2)17-12(19)6-8-16-13(15-5)18-9-7-14(3,4)10-18;/h11H,6-10H2,1-5H3,(H,15,16)(H,17,19);1H. The Morgan fingerprint density at radius 2 is 2.05 bits per heavy atom. The summed E-state index contributed by atoms with van der Waals surface area (Å²) >= 11 is 0. The molecule has 1 aliphatic rings. The van der Waals surface area contributed by atoms with Crippen molar-refractivity contribution in [2.75, 3.05) is 26.7 Å². The van der Waals surface area contributed by atoms with Gasteiger partial charge in [0.05, 0.1) is 0 Å². The second-order valence-corrected chi connectivity index (χ2v) is 6.28. The van der Waals surface area contributed by atoms with Crippen LogP contribution < -0.4 is 10.6 Å². The molecule has 0 saturated carbocycles. The molecular formula is C14H29IN4O. The number of guanidine groups is 1. The van der Waals surface area contributed by atoms with Gasteiger partial charge in [-0.15, -0.1) is 24.0 Å². The maximum absolute atomic E-state index is 11.5. The molecule has 1 amide bonds. The van der Waals surface area contributed by atoms with E-state index in [9.17, 15) is 4.79 Å². The second-order valence-electron chi connectivity index (χ2n) is 6.28. The first-order valence-electron chi connectivity index (χ1n) is 7.09. The first-order chi connectivity index (χ1) is 8.84. The molecule has 20 heavy (non-hydrogen) atoms. The van der Waals surface area contributed by atoms with Gasteiger partial charge >= 0.3 is 0 Å². The van der Waals surface area contributed by atoms with Crippen molar-refractivity contribution in [3.05, 3.63) is 0 Å². The van der Waals surface area contributed by atoms with E-state index in [0.717, 1.165) is 19.0 Å². The van der Waals surface area contributed by atoms with Crippen molar-refractivity contribution in [3.8, 4) is 0 Å². The van der Waals surface area contributed by atoms with Crippen molar-refractivity contribution in [3.63, 3.8) is 0 Å². The smallest absolute Gasteiger partial charge is 0.221 e. The number of nitrogens with zero attached hydrogens (tertiary/aromatic N) is 2. The van der Waals surface area contributed by atoms with Crippen LogP contribution in [0.5, 0.6) is 0 Å². The minimum absolute atomic E-state index is 0. The number of rotatable bonds is 4. The number of likely N-dealkylation sites (tertiary alicyclic amines) is 1. The van der Waals surface area contributed by atoms with Gasteiger partial charge in [-0.2, -0.15) is 0 Å². The van der Waals surface area contributed by atoms with Gasteiger partial charge in [-0.05, 0) is 25.7 Å². The highest BCUT2D eigenvalue weighted by molar-refractivity contribution is 14.0. The van der Waals surface area contributed by atoms with Crippen molar-refractivity contribution in [2.24, 2.45) is 10.4 Å². The quantitative estimate of drug-likeness (QED) is 0.433. The molecule has 2 N–H and O–H groups in total. The zero-order chi connectivity index (χ0) is 14.5. The summed E-state index contributed by atoms with van der Waals surface area (Å²) in [7, 11) is 1.79. The van der Waals surface area contributed by atoms with Crippen LogP contribution in [0.25, 0.3) is 0 Å². The maximum atomic E-state index is 11.5. The van der Waals surface area contributed by atoms with E-state index in [0.29, 0.717) is 18.4 Å². The maximum Gasteiger partial charge on any atom is 0.221 e. The molecule has 0 aliphatic carbocycles. The summed E-state index contributed by atoms with van der Waals surface area (Å²) in [6.45, 7) is 11.2. The fourth-order valence-electron chi connectivity index (χ4n) is 2.31. The zero-order valence-electron chi connectivity index (χ0n) is 13.3.